The number of thiophene rings is 1. The molecule has 0 saturated carbocycles. The van der Waals surface area contributed by atoms with Crippen LogP contribution >= 0.6 is 11.3 Å². The van der Waals surface area contributed by atoms with Crippen molar-refractivity contribution >= 4 is 17.4 Å². The number of hydrogen-bond donors (Lipinski definition) is 2. The highest BCUT2D eigenvalue weighted by Gasteiger charge is 2.02. The van der Waals surface area contributed by atoms with Gasteiger partial charge in [-0.1, -0.05) is 0 Å². The van der Waals surface area contributed by atoms with Crippen LogP contribution in [0.15, 0.2) is 11.4 Å². The molecule has 2 N–H and O–H groups in total. The molecule has 2 amide bonds. The average Bonchev–Trinajstić information content (AvgIpc) is 2.47. The number of nitrogens with one attached hydrogen (secondary N) is 2. The van der Waals surface area contributed by atoms with Crippen molar-refractivity contribution < 1.29 is 4.79 Å². The van der Waals surface area contributed by atoms with Crippen LogP contribution in [-0.4, -0.2) is 12.1 Å². The van der Waals surface area contributed by atoms with Gasteiger partial charge in [-0.25, -0.2) is 4.79 Å². The molecule has 1 aromatic heterocycles. The van der Waals surface area contributed by atoms with Crippen molar-refractivity contribution in [2.24, 2.45) is 0 Å². The molecule has 0 radical (unpaired) electrons. The molecule has 0 aromatic carbocycles. The third kappa shape index (κ3) is 3.79. The topological polar surface area (TPSA) is 41.1 Å². The zero-order chi connectivity index (χ0) is 10.6. The largest absolute Gasteiger partial charge is 0.336 e. The maximum absolute atomic E-state index is 11.2. The van der Waals surface area contributed by atoms with Gasteiger partial charge in [0.15, 0.2) is 0 Å². The smallest absolute Gasteiger partial charge is 0.315 e. The van der Waals surface area contributed by atoms with E-state index >= 15 is 0 Å². The average molecular weight is 212 g/mol. The highest BCUT2D eigenvalue weighted by atomic mass is 32.1. The maximum Gasteiger partial charge on any atom is 0.315 e. The summed E-state index contributed by atoms with van der Waals surface area (Å²) in [7, 11) is 0. The summed E-state index contributed by atoms with van der Waals surface area (Å²) in [5.41, 5.74) is 1.25. The van der Waals surface area contributed by atoms with Crippen molar-refractivity contribution in [1.29, 1.82) is 0 Å². The van der Waals surface area contributed by atoms with Crippen LogP contribution in [0.5, 0.6) is 0 Å². The number of urea groups is 1. The van der Waals surface area contributed by atoms with E-state index in [-0.39, 0.29) is 12.1 Å². The van der Waals surface area contributed by atoms with Crippen LogP contribution in [0.25, 0.3) is 0 Å². The molecule has 0 atom stereocenters. The van der Waals surface area contributed by atoms with Gasteiger partial charge in [0.05, 0.1) is 6.54 Å². The Morgan fingerprint density at radius 3 is 2.79 bits per heavy atom. The van der Waals surface area contributed by atoms with Gasteiger partial charge in [0, 0.05) is 10.9 Å². The summed E-state index contributed by atoms with van der Waals surface area (Å²) in [5, 5.41) is 7.66. The second-order valence-electron chi connectivity index (χ2n) is 3.57. The van der Waals surface area contributed by atoms with E-state index in [0.29, 0.717) is 6.54 Å². The highest BCUT2D eigenvalue weighted by molar-refractivity contribution is 7.10. The van der Waals surface area contributed by atoms with Crippen LogP contribution in [0, 0.1) is 6.92 Å². The SMILES string of the molecule is Cc1csc(CNC(=O)NC(C)C)c1. The van der Waals surface area contributed by atoms with Gasteiger partial charge in [-0.2, -0.15) is 0 Å². The van der Waals surface area contributed by atoms with Gasteiger partial charge in [0.2, 0.25) is 0 Å². The first kappa shape index (κ1) is 11.0. The van der Waals surface area contributed by atoms with Gasteiger partial charge in [-0.3, -0.25) is 0 Å². The zero-order valence-electron chi connectivity index (χ0n) is 8.76. The molecule has 1 rings (SSSR count). The lowest BCUT2D eigenvalue weighted by Gasteiger charge is -2.08. The molecule has 0 aliphatic carbocycles. The van der Waals surface area contributed by atoms with Gasteiger partial charge in [0.1, 0.15) is 0 Å². The number of aryl methyl sites for hydroxylation is 1. The van der Waals surface area contributed by atoms with Crippen LogP contribution in [0.3, 0.4) is 0 Å². The summed E-state index contributed by atoms with van der Waals surface area (Å²) < 4.78 is 0. The van der Waals surface area contributed by atoms with Gasteiger partial charge < -0.3 is 10.6 Å². The Balaban J connectivity index is 2.30. The van der Waals surface area contributed by atoms with Gasteiger partial charge in [-0.05, 0) is 37.8 Å². The molecule has 0 aliphatic heterocycles. The Morgan fingerprint density at radius 1 is 1.57 bits per heavy atom. The summed E-state index contributed by atoms with van der Waals surface area (Å²) in [6.07, 6.45) is 0. The second kappa shape index (κ2) is 5.00. The molecule has 1 heterocycles. The van der Waals surface area contributed by atoms with E-state index in [4.69, 9.17) is 0 Å². The van der Waals surface area contributed by atoms with Crippen molar-refractivity contribution in [2.75, 3.05) is 0 Å². The van der Waals surface area contributed by atoms with Crippen molar-refractivity contribution in [2.45, 2.75) is 33.4 Å². The summed E-state index contributed by atoms with van der Waals surface area (Å²) in [4.78, 5) is 12.4. The van der Waals surface area contributed by atoms with E-state index in [2.05, 4.69) is 22.1 Å². The molecule has 3 nitrogen and oxygen atoms in total. The molecule has 0 unspecified atom stereocenters. The van der Waals surface area contributed by atoms with E-state index in [9.17, 15) is 4.79 Å². The third-order valence-corrected chi connectivity index (χ3v) is 2.68. The predicted molar refractivity (Wildman–Crippen MR) is 59.6 cm³/mol. The Hall–Kier alpha value is -1.03. The quantitative estimate of drug-likeness (QED) is 0.793. The van der Waals surface area contributed by atoms with Crippen LogP contribution in [0.4, 0.5) is 4.79 Å². The van der Waals surface area contributed by atoms with Crippen molar-refractivity contribution in [1.82, 2.24) is 10.6 Å². The fourth-order valence-electron chi connectivity index (χ4n) is 1.06. The lowest BCUT2D eigenvalue weighted by molar-refractivity contribution is 0.238. The molecule has 78 valence electrons. The molecule has 1 aromatic rings. The van der Waals surface area contributed by atoms with E-state index < -0.39 is 0 Å². The molecule has 0 aliphatic rings. The van der Waals surface area contributed by atoms with Crippen molar-refractivity contribution in [3.63, 3.8) is 0 Å². The monoisotopic (exact) mass is 212 g/mol. The fourth-order valence-corrected chi connectivity index (χ4v) is 1.88. The number of carbonyl (C=O) groups excluding carboxylic acids is 1. The second-order valence-corrected chi connectivity index (χ2v) is 4.57. The predicted octanol–water partition coefficient (Wildman–Crippen LogP) is 2.26. The number of rotatable bonds is 3. The maximum atomic E-state index is 11.2. The first-order valence-corrected chi connectivity index (χ1v) is 5.54. The summed E-state index contributed by atoms with van der Waals surface area (Å²) in [5.74, 6) is 0. The van der Waals surface area contributed by atoms with Crippen molar-refractivity contribution in [3.05, 3.63) is 21.9 Å². The normalized spacial score (nSPS) is 10.3. The van der Waals surface area contributed by atoms with Gasteiger partial charge in [0.25, 0.3) is 0 Å². The molecule has 0 bridgehead atoms. The fraction of sp³-hybridized carbons (Fsp3) is 0.500. The van der Waals surface area contributed by atoms with Crippen LogP contribution in [-0.2, 0) is 6.54 Å². The lowest BCUT2D eigenvalue weighted by atomic mass is 10.3. The van der Waals surface area contributed by atoms with Gasteiger partial charge in [-0.15, -0.1) is 11.3 Å². The molecule has 0 fully saturated rings. The van der Waals surface area contributed by atoms with Crippen molar-refractivity contribution in [3.8, 4) is 0 Å². The molecular formula is C10H16N2OS. The number of amides is 2. The van der Waals surface area contributed by atoms with Gasteiger partial charge >= 0.3 is 6.03 Å². The minimum absolute atomic E-state index is 0.106. The molecule has 14 heavy (non-hydrogen) atoms. The molecular weight excluding hydrogens is 196 g/mol. The summed E-state index contributed by atoms with van der Waals surface area (Å²) >= 11 is 1.67. The van der Waals surface area contributed by atoms with Crippen LogP contribution < -0.4 is 10.6 Å². The highest BCUT2D eigenvalue weighted by Crippen LogP contribution is 2.12. The Labute approximate surface area is 88.5 Å². The summed E-state index contributed by atoms with van der Waals surface area (Å²) in [6.45, 7) is 6.54. The first-order valence-electron chi connectivity index (χ1n) is 4.66. The minimum Gasteiger partial charge on any atom is -0.336 e. The lowest BCUT2D eigenvalue weighted by Crippen LogP contribution is -2.38. The molecule has 0 spiro atoms. The molecule has 4 heteroatoms. The summed E-state index contributed by atoms with van der Waals surface area (Å²) in [6, 6.07) is 2.16. The number of hydrogen-bond acceptors (Lipinski definition) is 2. The standard InChI is InChI=1S/C10H16N2OS/c1-7(2)12-10(13)11-5-9-4-8(3)6-14-9/h4,6-7H,5H2,1-3H3,(H2,11,12,13). The van der Waals surface area contributed by atoms with E-state index in [1.165, 1.54) is 10.4 Å². The Morgan fingerprint density at radius 2 is 2.29 bits per heavy atom. The van der Waals surface area contributed by atoms with E-state index in [0.717, 1.165) is 0 Å². The van der Waals surface area contributed by atoms with Crippen LogP contribution in [0.2, 0.25) is 0 Å². The number of carbonyl (C=O) groups is 1. The van der Waals surface area contributed by atoms with E-state index in [1.807, 2.05) is 20.8 Å². The Kier molecular flexibility index (Phi) is 3.95. The Bertz CT molecular complexity index is 307. The molecule has 0 saturated heterocycles. The van der Waals surface area contributed by atoms with E-state index in [1.54, 1.807) is 11.3 Å². The zero-order valence-corrected chi connectivity index (χ0v) is 9.57. The minimum atomic E-state index is -0.106. The van der Waals surface area contributed by atoms with Crippen LogP contribution in [0.1, 0.15) is 24.3 Å². The first-order chi connectivity index (χ1) is 6.58. The third-order valence-electron chi connectivity index (χ3n) is 1.63.